The first-order chi connectivity index (χ1) is 16.1. The second kappa shape index (κ2) is 7.79. The second-order valence-corrected chi connectivity index (χ2v) is 9.04. The van der Waals surface area contributed by atoms with Crippen LogP contribution in [-0.4, -0.2) is 44.8 Å². The van der Waals surface area contributed by atoms with Crippen molar-refractivity contribution in [3.8, 4) is 17.0 Å². The fourth-order valence-electron chi connectivity index (χ4n) is 4.25. The van der Waals surface area contributed by atoms with Gasteiger partial charge in [0, 0.05) is 37.0 Å². The smallest absolute Gasteiger partial charge is 0.272 e. The number of carbonyl (C=O) groups is 1. The first-order valence-electron chi connectivity index (χ1n) is 11.4. The third-order valence-electron chi connectivity index (χ3n) is 6.42. The number of pyridine rings is 1. The van der Waals surface area contributed by atoms with E-state index in [9.17, 15) is 14.0 Å². The highest BCUT2D eigenvalue weighted by Crippen LogP contribution is 2.41. The van der Waals surface area contributed by atoms with E-state index in [-0.39, 0.29) is 29.4 Å². The van der Waals surface area contributed by atoms with Gasteiger partial charge in [0.2, 0.25) is 0 Å². The van der Waals surface area contributed by atoms with Crippen molar-refractivity contribution in [2.75, 3.05) is 13.1 Å². The Morgan fingerprint density at radius 2 is 1.88 bits per heavy atom. The first kappa shape index (κ1) is 20.1. The van der Waals surface area contributed by atoms with Gasteiger partial charge in [-0.15, -0.1) is 0 Å². The quantitative estimate of drug-likeness (QED) is 0.579. The van der Waals surface area contributed by atoms with Crippen LogP contribution in [0.4, 0.5) is 4.39 Å². The molecule has 3 heterocycles. The Kier molecular flexibility index (Phi) is 4.74. The molecule has 0 atom stereocenters. The summed E-state index contributed by atoms with van der Waals surface area (Å²) in [6.07, 6.45) is 5.85. The summed E-state index contributed by atoms with van der Waals surface area (Å²) in [5.41, 5.74) is 2.48. The second-order valence-electron chi connectivity index (χ2n) is 9.04. The molecular weight excluding hydrogens is 423 g/mol. The minimum absolute atomic E-state index is 0.100. The number of halogens is 1. The third-order valence-corrected chi connectivity index (χ3v) is 6.42. The van der Waals surface area contributed by atoms with Crippen molar-refractivity contribution in [2.45, 2.75) is 43.7 Å². The Balaban J connectivity index is 1.23. The fraction of sp³-hybridized carbons (Fsp3) is 0.360. The van der Waals surface area contributed by atoms with Crippen molar-refractivity contribution >= 4 is 5.91 Å². The van der Waals surface area contributed by atoms with Gasteiger partial charge in [0.1, 0.15) is 17.3 Å². The summed E-state index contributed by atoms with van der Waals surface area (Å²) >= 11 is 0. The van der Waals surface area contributed by atoms with Crippen LogP contribution in [0.15, 0.2) is 53.5 Å². The van der Waals surface area contributed by atoms with Gasteiger partial charge in [-0.1, -0.05) is 6.07 Å². The molecule has 1 saturated heterocycles. The lowest BCUT2D eigenvalue weighted by Gasteiger charge is -2.39. The van der Waals surface area contributed by atoms with Crippen molar-refractivity contribution in [2.24, 2.45) is 0 Å². The van der Waals surface area contributed by atoms with E-state index in [1.165, 1.54) is 22.9 Å². The van der Waals surface area contributed by atoms with Gasteiger partial charge in [-0.25, -0.2) is 9.07 Å². The zero-order chi connectivity index (χ0) is 22.5. The molecule has 3 aliphatic rings. The normalized spacial score (nSPS) is 18.2. The van der Waals surface area contributed by atoms with E-state index in [1.807, 2.05) is 12.1 Å². The SMILES string of the molecule is O=C(c1ncccc1C1CC1)N1CC(n2nc(-c3ccc(F)cc3OC3CC3)ccc2=O)C1. The molecule has 2 saturated carbocycles. The van der Waals surface area contributed by atoms with Gasteiger partial charge >= 0.3 is 0 Å². The number of rotatable bonds is 6. The van der Waals surface area contributed by atoms with Crippen LogP contribution in [0.25, 0.3) is 11.3 Å². The molecule has 0 bridgehead atoms. The number of nitrogens with zero attached hydrogens (tertiary/aromatic N) is 4. The molecule has 1 amide bonds. The largest absolute Gasteiger partial charge is 0.490 e. The summed E-state index contributed by atoms with van der Waals surface area (Å²) in [5, 5.41) is 4.55. The van der Waals surface area contributed by atoms with Crippen molar-refractivity contribution in [1.29, 1.82) is 0 Å². The average molecular weight is 446 g/mol. The molecule has 8 heteroatoms. The molecule has 33 heavy (non-hydrogen) atoms. The number of likely N-dealkylation sites (tertiary alicyclic amines) is 1. The van der Waals surface area contributed by atoms with Gasteiger partial charge in [0.05, 0.1) is 17.8 Å². The Bertz CT molecular complexity index is 1290. The summed E-state index contributed by atoms with van der Waals surface area (Å²) in [5.74, 6) is 0.384. The van der Waals surface area contributed by atoms with E-state index in [0.717, 1.165) is 31.2 Å². The van der Waals surface area contributed by atoms with Gasteiger partial charge in [-0.3, -0.25) is 14.6 Å². The molecule has 2 aliphatic carbocycles. The summed E-state index contributed by atoms with van der Waals surface area (Å²) in [6.45, 7) is 0.787. The molecule has 6 rings (SSSR count). The number of hydrogen-bond acceptors (Lipinski definition) is 5. The molecule has 7 nitrogen and oxygen atoms in total. The van der Waals surface area contributed by atoms with Crippen molar-refractivity contribution in [3.05, 3.63) is 76.1 Å². The molecule has 0 spiro atoms. The van der Waals surface area contributed by atoms with Gasteiger partial charge in [-0.2, -0.15) is 5.10 Å². The molecule has 1 aromatic carbocycles. The molecule has 2 aromatic heterocycles. The third kappa shape index (κ3) is 3.90. The average Bonchev–Trinajstić information content (AvgIpc) is 3.69. The standard InChI is InChI=1S/C25H23FN4O3/c26-16-5-8-20(22(12-16)33-18-6-7-18)21-9-10-23(31)30(28-21)17-13-29(14-17)25(32)24-19(15-3-4-15)2-1-11-27-24/h1-2,5,8-12,15,17-18H,3-4,6-7,13-14H2. The predicted octanol–water partition coefficient (Wildman–Crippen LogP) is 3.56. The van der Waals surface area contributed by atoms with Crippen molar-refractivity contribution < 1.29 is 13.9 Å². The Morgan fingerprint density at radius 1 is 1.06 bits per heavy atom. The topological polar surface area (TPSA) is 77.3 Å². The van der Waals surface area contributed by atoms with Gasteiger partial charge < -0.3 is 9.64 Å². The maximum atomic E-state index is 13.8. The number of amides is 1. The van der Waals surface area contributed by atoms with E-state index in [0.29, 0.717) is 41.7 Å². The van der Waals surface area contributed by atoms with Crippen LogP contribution in [0.3, 0.4) is 0 Å². The minimum Gasteiger partial charge on any atom is -0.490 e. The highest BCUT2D eigenvalue weighted by atomic mass is 19.1. The number of hydrogen-bond donors (Lipinski definition) is 0. The monoisotopic (exact) mass is 446 g/mol. The van der Waals surface area contributed by atoms with E-state index >= 15 is 0 Å². The summed E-state index contributed by atoms with van der Waals surface area (Å²) in [7, 11) is 0. The summed E-state index contributed by atoms with van der Waals surface area (Å²) in [4.78, 5) is 31.6. The van der Waals surface area contributed by atoms with Gasteiger partial charge in [0.25, 0.3) is 11.5 Å². The molecule has 3 fully saturated rings. The highest BCUT2D eigenvalue weighted by molar-refractivity contribution is 5.94. The lowest BCUT2D eigenvalue weighted by molar-refractivity contribution is 0.0486. The minimum atomic E-state index is -0.379. The molecule has 1 aliphatic heterocycles. The number of carbonyl (C=O) groups excluding carboxylic acids is 1. The maximum absolute atomic E-state index is 13.8. The van der Waals surface area contributed by atoms with Crippen LogP contribution >= 0.6 is 0 Å². The van der Waals surface area contributed by atoms with E-state index in [4.69, 9.17) is 4.74 Å². The van der Waals surface area contributed by atoms with Crippen LogP contribution in [-0.2, 0) is 0 Å². The Morgan fingerprint density at radius 3 is 2.64 bits per heavy atom. The summed E-state index contributed by atoms with van der Waals surface area (Å²) in [6, 6.07) is 11.1. The zero-order valence-corrected chi connectivity index (χ0v) is 18.0. The first-order valence-corrected chi connectivity index (χ1v) is 11.4. The van der Waals surface area contributed by atoms with Crippen molar-refractivity contribution in [3.63, 3.8) is 0 Å². The number of benzene rings is 1. The predicted molar refractivity (Wildman–Crippen MR) is 119 cm³/mol. The van der Waals surface area contributed by atoms with Crippen LogP contribution in [0, 0.1) is 5.82 Å². The van der Waals surface area contributed by atoms with Crippen molar-refractivity contribution in [1.82, 2.24) is 19.7 Å². The highest BCUT2D eigenvalue weighted by Gasteiger charge is 2.37. The molecule has 0 N–H and O–H groups in total. The van der Waals surface area contributed by atoms with Crippen LogP contribution in [0.2, 0.25) is 0 Å². The van der Waals surface area contributed by atoms with Crippen LogP contribution in [0.1, 0.15) is 53.7 Å². The van der Waals surface area contributed by atoms with Gasteiger partial charge in [-0.05, 0) is 61.4 Å². The maximum Gasteiger partial charge on any atom is 0.272 e. The number of ether oxygens (including phenoxy) is 1. The molecular formula is C25H23FN4O3. The Hall–Kier alpha value is -3.55. The van der Waals surface area contributed by atoms with E-state index < -0.39 is 0 Å². The Labute approximate surface area is 189 Å². The van der Waals surface area contributed by atoms with E-state index in [1.54, 1.807) is 23.2 Å². The number of aromatic nitrogens is 3. The summed E-state index contributed by atoms with van der Waals surface area (Å²) < 4.78 is 21.1. The lowest BCUT2D eigenvalue weighted by Crippen LogP contribution is -2.53. The molecule has 0 radical (unpaired) electrons. The lowest BCUT2D eigenvalue weighted by atomic mass is 10.0. The molecule has 168 valence electrons. The van der Waals surface area contributed by atoms with Crippen LogP contribution in [0.5, 0.6) is 5.75 Å². The zero-order valence-electron chi connectivity index (χ0n) is 18.0. The van der Waals surface area contributed by atoms with Gasteiger partial charge in [0.15, 0.2) is 0 Å². The fourth-order valence-corrected chi connectivity index (χ4v) is 4.25. The van der Waals surface area contributed by atoms with Crippen LogP contribution < -0.4 is 10.3 Å². The van der Waals surface area contributed by atoms with E-state index in [2.05, 4.69) is 10.1 Å². The molecule has 0 unspecified atom stereocenters. The molecule has 3 aromatic rings.